The molecule has 0 radical (unpaired) electrons. The van der Waals surface area contributed by atoms with Crippen LogP contribution in [0.3, 0.4) is 0 Å². The summed E-state index contributed by atoms with van der Waals surface area (Å²) in [6, 6.07) is 10.5. The van der Waals surface area contributed by atoms with Gasteiger partial charge in [0.2, 0.25) is 0 Å². The normalized spacial score (nSPS) is 15.0. The Morgan fingerprint density at radius 3 is 2.42 bits per heavy atom. The lowest BCUT2D eigenvalue weighted by molar-refractivity contribution is -0.137. The van der Waals surface area contributed by atoms with Crippen LogP contribution in [-0.4, -0.2) is 38.5 Å². The summed E-state index contributed by atoms with van der Waals surface area (Å²) < 4.78 is 58.7. The number of nitrogens with one attached hydrogen (secondary N) is 1. The number of H-pyrrole nitrogens is 1. The number of imidazole rings is 1. The maximum atomic E-state index is 13.3. The molecule has 0 bridgehead atoms. The quantitative estimate of drug-likeness (QED) is 0.458. The summed E-state index contributed by atoms with van der Waals surface area (Å²) in [5, 5.41) is 0. The van der Waals surface area contributed by atoms with Crippen LogP contribution in [0.15, 0.2) is 65.7 Å². The number of fused-ring (bicyclic) bond motifs is 1. The maximum Gasteiger partial charge on any atom is 0.416 e. The van der Waals surface area contributed by atoms with Gasteiger partial charge < -0.3 is 9.72 Å². The van der Waals surface area contributed by atoms with Crippen LogP contribution in [0.25, 0.3) is 16.9 Å². The molecule has 1 aliphatic heterocycles. The molecule has 170 valence electrons. The van der Waals surface area contributed by atoms with Crippen LogP contribution in [-0.2, 0) is 12.7 Å². The van der Waals surface area contributed by atoms with Crippen molar-refractivity contribution in [2.75, 3.05) is 13.1 Å². The van der Waals surface area contributed by atoms with Crippen LogP contribution < -0.4 is 10.3 Å². The van der Waals surface area contributed by atoms with E-state index in [0.29, 0.717) is 48.0 Å². The van der Waals surface area contributed by atoms with Crippen molar-refractivity contribution >= 4 is 5.52 Å². The molecule has 0 spiro atoms. The van der Waals surface area contributed by atoms with Crippen LogP contribution in [0, 0.1) is 5.82 Å². The number of aromatic nitrogens is 3. The third kappa shape index (κ3) is 4.34. The first kappa shape index (κ1) is 21.2. The predicted octanol–water partition coefficient (Wildman–Crippen LogP) is 4.11. The SMILES string of the molecule is O=c1[nH]c(CN2CC(Oc3ccc(C(F)(F)F)cc3)C2)cn2c(-c3ccc(F)cc3)ncc12. The Kier molecular flexibility index (Phi) is 5.16. The van der Waals surface area contributed by atoms with E-state index in [4.69, 9.17) is 4.74 Å². The number of alkyl halides is 3. The third-order valence-corrected chi connectivity index (χ3v) is 5.49. The van der Waals surface area contributed by atoms with Crippen LogP contribution in [0.2, 0.25) is 0 Å². The van der Waals surface area contributed by atoms with Gasteiger partial charge in [0.05, 0.1) is 11.8 Å². The second-order valence-corrected chi connectivity index (χ2v) is 7.91. The lowest BCUT2D eigenvalue weighted by atomic mass is 10.1. The van der Waals surface area contributed by atoms with E-state index < -0.39 is 11.7 Å². The summed E-state index contributed by atoms with van der Waals surface area (Å²) in [5.41, 5.74) is 0.726. The van der Waals surface area contributed by atoms with Gasteiger partial charge in [-0.1, -0.05) is 0 Å². The average molecular weight is 458 g/mol. The van der Waals surface area contributed by atoms with Crippen LogP contribution in [0.4, 0.5) is 17.6 Å². The average Bonchev–Trinajstić information content (AvgIpc) is 3.17. The van der Waals surface area contributed by atoms with Crippen LogP contribution >= 0.6 is 0 Å². The zero-order chi connectivity index (χ0) is 23.2. The largest absolute Gasteiger partial charge is 0.488 e. The third-order valence-electron chi connectivity index (χ3n) is 5.49. The molecule has 0 amide bonds. The first-order valence-corrected chi connectivity index (χ1v) is 10.2. The summed E-state index contributed by atoms with van der Waals surface area (Å²) in [6.45, 7) is 1.59. The van der Waals surface area contributed by atoms with Crippen molar-refractivity contribution in [3.05, 3.63) is 88.4 Å². The molecule has 5 rings (SSSR count). The number of benzene rings is 2. The van der Waals surface area contributed by atoms with Crippen molar-refractivity contribution in [3.63, 3.8) is 0 Å². The van der Waals surface area contributed by atoms with Crippen molar-refractivity contribution in [2.45, 2.75) is 18.8 Å². The zero-order valence-electron chi connectivity index (χ0n) is 17.1. The molecule has 1 N–H and O–H groups in total. The van der Waals surface area contributed by atoms with Gasteiger partial charge in [0.1, 0.15) is 29.0 Å². The maximum absolute atomic E-state index is 13.3. The number of hydrogen-bond donors (Lipinski definition) is 1. The minimum absolute atomic E-state index is 0.153. The Bertz CT molecular complexity index is 1340. The molecule has 0 unspecified atom stereocenters. The molecule has 0 atom stereocenters. The van der Waals surface area contributed by atoms with Crippen LogP contribution in [0.1, 0.15) is 11.3 Å². The van der Waals surface area contributed by atoms with Gasteiger partial charge in [-0.3, -0.25) is 14.1 Å². The molecule has 10 heteroatoms. The fourth-order valence-corrected chi connectivity index (χ4v) is 3.83. The number of halogens is 4. The van der Waals surface area contributed by atoms with E-state index in [1.165, 1.54) is 30.5 Å². The number of aromatic amines is 1. The monoisotopic (exact) mass is 458 g/mol. The van der Waals surface area contributed by atoms with Crippen LogP contribution in [0.5, 0.6) is 5.75 Å². The minimum atomic E-state index is -4.38. The van der Waals surface area contributed by atoms with Crippen molar-refractivity contribution in [2.24, 2.45) is 0 Å². The van der Waals surface area contributed by atoms with Gasteiger partial charge in [0, 0.05) is 37.1 Å². The Hall–Kier alpha value is -3.66. The first-order chi connectivity index (χ1) is 15.8. The second-order valence-electron chi connectivity index (χ2n) is 7.91. The molecule has 4 aromatic rings. The molecule has 1 fully saturated rings. The Morgan fingerprint density at radius 1 is 1.06 bits per heavy atom. The number of ether oxygens (including phenoxy) is 1. The van der Waals surface area contributed by atoms with Gasteiger partial charge >= 0.3 is 6.18 Å². The minimum Gasteiger partial charge on any atom is -0.488 e. The molecule has 2 aromatic heterocycles. The highest BCUT2D eigenvalue weighted by atomic mass is 19.4. The number of hydrogen-bond acceptors (Lipinski definition) is 4. The summed E-state index contributed by atoms with van der Waals surface area (Å²) in [6.07, 6.45) is -1.28. The Balaban J connectivity index is 1.25. The molecule has 0 aliphatic carbocycles. The van der Waals surface area contributed by atoms with Crippen molar-refractivity contribution in [3.8, 4) is 17.1 Å². The van der Waals surface area contributed by atoms with E-state index in [-0.39, 0.29) is 17.5 Å². The summed E-state index contributed by atoms with van der Waals surface area (Å²) in [5.74, 6) is 0.554. The first-order valence-electron chi connectivity index (χ1n) is 10.2. The lowest BCUT2D eigenvalue weighted by Gasteiger charge is -2.38. The molecule has 2 aromatic carbocycles. The fourth-order valence-electron chi connectivity index (χ4n) is 3.83. The number of rotatable bonds is 5. The molecular weight excluding hydrogens is 440 g/mol. The van der Waals surface area contributed by atoms with E-state index in [2.05, 4.69) is 9.97 Å². The molecule has 1 saturated heterocycles. The summed E-state index contributed by atoms with van der Waals surface area (Å²) in [7, 11) is 0. The Morgan fingerprint density at radius 2 is 1.76 bits per heavy atom. The highest BCUT2D eigenvalue weighted by Gasteiger charge is 2.31. The Labute approximate surface area is 185 Å². The van der Waals surface area contributed by atoms with Gasteiger partial charge in [-0.15, -0.1) is 0 Å². The predicted molar refractivity (Wildman–Crippen MR) is 112 cm³/mol. The molecule has 1 aliphatic rings. The van der Waals surface area contributed by atoms with Crippen molar-refractivity contribution < 1.29 is 22.3 Å². The van der Waals surface area contributed by atoms with Gasteiger partial charge in [-0.25, -0.2) is 9.37 Å². The number of likely N-dealkylation sites (tertiary alicyclic amines) is 1. The lowest BCUT2D eigenvalue weighted by Crippen LogP contribution is -2.53. The van der Waals surface area contributed by atoms with Crippen molar-refractivity contribution in [1.82, 2.24) is 19.3 Å². The highest BCUT2D eigenvalue weighted by Crippen LogP contribution is 2.31. The van der Waals surface area contributed by atoms with E-state index in [0.717, 1.165) is 12.1 Å². The molecule has 6 nitrogen and oxygen atoms in total. The second kappa shape index (κ2) is 8.04. The smallest absolute Gasteiger partial charge is 0.416 e. The van der Waals surface area contributed by atoms with E-state index in [9.17, 15) is 22.4 Å². The van der Waals surface area contributed by atoms with Gasteiger partial charge in [-0.2, -0.15) is 13.2 Å². The van der Waals surface area contributed by atoms with Crippen molar-refractivity contribution in [1.29, 1.82) is 0 Å². The molecular formula is C23H18F4N4O2. The van der Waals surface area contributed by atoms with E-state index >= 15 is 0 Å². The standard InChI is InChI=1S/C23H18F4N4O2/c24-16-5-1-14(2-6-16)21-28-9-20-22(32)29-17(11-31(20)21)10-30-12-19(13-30)33-18-7-3-15(4-8-18)23(25,26)27/h1-9,11,19H,10,12-13H2,(H,29,32). The van der Waals surface area contributed by atoms with E-state index in [1.807, 2.05) is 4.90 Å². The van der Waals surface area contributed by atoms with Gasteiger partial charge in [0.25, 0.3) is 5.56 Å². The summed E-state index contributed by atoms with van der Waals surface area (Å²) in [4.78, 5) is 21.7. The van der Waals surface area contributed by atoms with Gasteiger partial charge in [0.15, 0.2) is 0 Å². The number of nitrogens with zero attached hydrogens (tertiary/aromatic N) is 3. The molecule has 3 heterocycles. The fraction of sp³-hybridized carbons (Fsp3) is 0.217. The van der Waals surface area contributed by atoms with E-state index in [1.54, 1.807) is 22.7 Å². The summed E-state index contributed by atoms with van der Waals surface area (Å²) >= 11 is 0. The molecule has 0 saturated carbocycles. The van der Waals surface area contributed by atoms with Gasteiger partial charge in [-0.05, 0) is 48.5 Å². The zero-order valence-corrected chi connectivity index (χ0v) is 17.1. The molecule has 33 heavy (non-hydrogen) atoms. The topological polar surface area (TPSA) is 62.6 Å². The highest BCUT2D eigenvalue weighted by molar-refractivity contribution is 5.61.